The minimum absolute atomic E-state index is 0.0771. The summed E-state index contributed by atoms with van der Waals surface area (Å²) in [7, 11) is -3.26. The van der Waals surface area contributed by atoms with Crippen LogP contribution >= 0.6 is 0 Å². The molecule has 2 N–H and O–H groups in total. The highest BCUT2D eigenvalue weighted by atomic mass is 32.2. The molecule has 158 valence electrons. The van der Waals surface area contributed by atoms with Gasteiger partial charge in [0, 0.05) is 37.1 Å². The first kappa shape index (κ1) is 21.4. The Kier molecular flexibility index (Phi) is 6.89. The minimum Gasteiger partial charge on any atom is -0.385 e. The average Bonchev–Trinajstić information content (AvgIpc) is 2.67. The lowest BCUT2D eigenvalue weighted by atomic mass is 9.86. The summed E-state index contributed by atoms with van der Waals surface area (Å²) in [5.41, 5.74) is 2.40. The Morgan fingerprint density at radius 1 is 1.04 bits per heavy atom. The van der Waals surface area contributed by atoms with Crippen molar-refractivity contribution in [3.8, 4) is 0 Å². The van der Waals surface area contributed by atoms with Gasteiger partial charge >= 0.3 is 0 Å². The van der Waals surface area contributed by atoms with Crippen molar-refractivity contribution >= 4 is 21.4 Å². The molecule has 1 aliphatic heterocycles. The average molecular weight is 410 g/mol. The van der Waals surface area contributed by atoms with E-state index in [2.05, 4.69) is 39.2 Å². The molecule has 28 heavy (non-hydrogen) atoms. The molecule has 7 heteroatoms. The number of anilines is 2. The van der Waals surface area contributed by atoms with E-state index in [0.29, 0.717) is 5.92 Å². The highest BCUT2D eigenvalue weighted by Gasteiger charge is 2.32. The smallest absolute Gasteiger partial charge is 0.216 e. The van der Waals surface area contributed by atoms with Gasteiger partial charge in [-0.05, 0) is 76.6 Å². The zero-order valence-corrected chi connectivity index (χ0v) is 18.2. The molecular formula is C21H35N3O3S. The molecule has 3 rings (SSSR count). The van der Waals surface area contributed by atoms with E-state index in [0.717, 1.165) is 64.2 Å². The summed E-state index contributed by atoms with van der Waals surface area (Å²) in [5.74, 6) is 0.592. The number of hydrogen-bond donors (Lipinski definition) is 2. The van der Waals surface area contributed by atoms with Crippen LogP contribution in [0.2, 0.25) is 0 Å². The SMILES string of the molecule is CC(C)(C)S(=O)(=O)N[C@H]1CC[C@@H](CNc2ccc(N3CCOCC3)cc2)CC1. The molecule has 1 saturated carbocycles. The molecule has 1 saturated heterocycles. The number of nitrogens with one attached hydrogen (secondary N) is 2. The maximum absolute atomic E-state index is 12.3. The zero-order valence-electron chi connectivity index (χ0n) is 17.4. The normalized spacial score (nSPS) is 24.2. The Bertz CT molecular complexity index is 714. The second-order valence-electron chi connectivity index (χ2n) is 8.98. The predicted molar refractivity (Wildman–Crippen MR) is 116 cm³/mol. The Hall–Kier alpha value is -1.31. The van der Waals surface area contributed by atoms with Gasteiger partial charge in [-0.25, -0.2) is 13.1 Å². The lowest BCUT2D eigenvalue weighted by Crippen LogP contribution is -2.46. The molecule has 0 atom stereocenters. The van der Waals surface area contributed by atoms with Gasteiger partial charge in [-0.3, -0.25) is 0 Å². The zero-order chi connectivity index (χ0) is 20.2. The molecule has 0 unspecified atom stereocenters. The van der Waals surface area contributed by atoms with Crippen molar-refractivity contribution in [3.05, 3.63) is 24.3 Å². The molecule has 1 aliphatic carbocycles. The van der Waals surface area contributed by atoms with Crippen LogP contribution in [0, 0.1) is 5.92 Å². The number of ether oxygens (including phenoxy) is 1. The first-order valence-electron chi connectivity index (χ1n) is 10.4. The van der Waals surface area contributed by atoms with Crippen molar-refractivity contribution in [3.63, 3.8) is 0 Å². The van der Waals surface area contributed by atoms with Crippen molar-refractivity contribution < 1.29 is 13.2 Å². The minimum atomic E-state index is -3.26. The summed E-state index contributed by atoms with van der Waals surface area (Å²) in [5, 5.41) is 3.55. The van der Waals surface area contributed by atoms with Crippen LogP contribution < -0.4 is 14.9 Å². The first-order chi connectivity index (χ1) is 13.2. The van der Waals surface area contributed by atoms with Gasteiger partial charge in [0.15, 0.2) is 0 Å². The lowest BCUT2D eigenvalue weighted by molar-refractivity contribution is 0.122. The summed E-state index contributed by atoms with van der Waals surface area (Å²) in [6.45, 7) is 9.68. The molecule has 2 aliphatic rings. The van der Waals surface area contributed by atoms with Crippen molar-refractivity contribution in [1.29, 1.82) is 0 Å². The third-order valence-electron chi connectivity index (χ3n) is 5.81. The molecule has 0 amide bonds. The predicted octanol–water partition coefficient (Wildman–Crippen LogP) is 3.21. The highest BCUT2D eigenvalue weighted by molar-refractivity contribution is 7.90. The number of hydrogen-bond acceptors (Lipinski definition) is 5. The molecule has 0 radical (unpaired) electrons. The van der Waals surface area contributed by atoms with Crippen LogP contribution in [-0.2, 0) is 14.8 Å². The van der Waals surface area contributed by atoms with E-state index in [1.165, 1.54) is 5.69 Å². The van der Waals surface area contributed by atoms with E-state index in [-0.39, 0.29) is 6.04 Å². The molecule has 0 spiro atoms. The van der Waals surface area contributed by atoms with Crippen LogP contribution in [0.15, 0.2) is 24.3 Å². The van der Waals surface area contributed by atoms with Crippen molar-refractivity contribution in [2.75, 3.05) is 43.1 Å². The summed E-state index contributed by atoms with van der Waals surface area (Å²) in [6.07, 6.45) is 3.93. The van der Waals surface area contributed by atoms with Gasteiger partial charge in [0.2, 0.25) is 10.0 Å². The number of morpholine rings is 1. The topological polar surface area (TPSA) is 70.7 Å². The molecule has 0 bridgehead atoms. The van der Waals surface area contributed by atoms with E-state index in [4.69, 9.17) is 4.74 Å². The number of benzene rings is 1. The third-order valence-corrected chi connectivity index (χ3v) is 8.07. The van der Waals surface area contributed by atoms with Crippen LogP contribution in [0.4, 0.5) is 11.4 Å². The fraction of sp³-hybridized carbons (Fsp3) is 0.714. The van der Waals surface area contributed by atoms with Gasteiger partial charge < -0.3 is 15.0 Å². The fourth-order valence-corrected chi connectivity index (χ4v) is 4.78. The van der Waals surface area contributed by atoms with Crippen LogP contribution in [0.1, 0.15) is 46.5 Å². The van der Waals surface area contributed by atoms with E-state index in [9.17, 15) is 8.42 Å². The van der Waals surface area contributed by atoms with Gasteiger partial charge in [-0.2, -0.15) is 0 Å². The maximum Gasteiger partial charge on any atom is 0.216 e. The van der Waals surface area contributed by atoms with Crippen molar-refractivity contribution in [2.45, 2.75) is 57.2 Å². The van der Waals surface area contributed by atoms with Crippen LogP contribution in [0.5, 0.6) is 0 Å². The number of nitrogens with zero attached hydrogens (tertiary/aromatic N) is 1. The second-order valence-corrected chi connectivity index (χ2v) is 11.4. The summed E-state index contributed by atoms with van der Waals surface area (Å²) in [6, 6.07) is 8.72. The Morgan fingerprint density at radius 2 is 1.64 bits per heavy atom. The molecule has 1 aromatic rings. The monoisotopic (exact) mass is 409 g/mol. The standard InChI is InChI=1S/C21H35N3O3S/c1-21(2,3)28(25,26)23-19-6-4-17(5-7-19)16-22-18-8-10-20(11-9-18)24-12-14-27-15-13-24/h8-11,17,19,22-23H,4-7,12-16H2,1-3H3/t17-,19+. The number of sulfonamides is 1. The Labute approximate surface area is 170 Å². The van der Waals surface area contributed by atoms with E-state index in [1.54, 1.807) is 20.8 Å². The van der Waals surface area contributed by atoms with Gasteiger partial charge in [0.1, 0.15) is 0 Å². The summed E-state index contributed by atoms with van der Waals surface area (Å²) in [4.78, 5) is 2.35. The third kappa shape index (κ3) is 5.61. The Balaban J connectivity index is 1.42. The Morgan fingerprint density at radius 3 is 2.21 bits per heavy atom. The van der Waals surface area contributed by atoms with E-state index < -0.39 is 14.8 Å². The summed E-state index contributed by atoms with van der Waals surface area (Å²) >= 11 is 0. The van der Waals surface area contributed by atoms with E-state index in [1.807, 2.05) is 0 Å². The quantitative estimate of drug-likeness (QED) is 0.755. The van der Waals surface area contributed by atoms with Crippen molar-refractivity contribution in [2.24, 2.45) is 5.92 Å². The summed E-state index contributed by atoms with van der Waals surface area (Å²) < 4.78 is 32.2. The van der Waals surface area contributed by atoms with Gasteiger partial charge in [-0.15, -0.1) is 0 Å². The van der Waals surface area contributed by atoms with Crippen molar-refractivity contribution in [1.82, 2.24) is 4.72 Å². The van der Waals surface area contributed by atoms with Gasteiger partial charge in [-0.1, -0.05) is 0 Å². The van der Waals surface area contributed by atoms with Crippen LogP contribution in [0.3, 0.4) is 0 Å². The molecule has 6 nitrogen and oxygen atoms in total. The van der Waals surface area contributed by atoms with Gasteiger partial charge in [0.05, 0.1) is 18.0 Å². The van der Waals surface area contributed by atoms with Crippen LogP contribution in [-0.4, -0.2) is 52.1 Å². The molecular weight excluding hydrogens is 374 g/mol. The molecule has 0 aromatic heterocycles. The first-order valence-corrected chi connectivity index (χ1v) is 11.9. The molecule has 1 heterocycles. The number of rotatable bonds is 6. The lowest BCUT2D eigenvalue weighted by Gasteiger charge is -2.31. The second kappa shape index (κ2) is 9.01. The largest absolute Gasteiger partial charge is 0.385 e. The highest BCUT2D eigenvalue weighted by Crippen LogP contribution is 2.27. The fourth-order valence-electron chi connectivity index (χ4n) is 3.75. The van der Waals surface area contributed by atoms with Crippen LogP contribution in [0.25, 0.3) is 0 Å². The van der Waals surface area contributed by atoms with E-state index >= 15 is 0 Å². The van der Waals surface area contributed by atoms with Gasteiger partial charge in [0.25, 0.3) is 0 Å². The molecule has 2 fully saturated rings. The maximum atomic E-state index is 12.3. The molecule has 1 aromatic carbocycles.